The Kier molecular flexibility index (Phi) is 5.14. The van der Waals surface area contributed by atoms with Crippen molar-refractivity contribution in [1.82, 2.24) is 29.9 Å². The van der Waals surface area contributed by atoms with Gasteiger partial charge >= 0.3 is 0 Å². The van der Waals surface area contributed by atoms with Gasteiger partial charge in [-0.3, -0.25) is 14.4 Å². The van der Waals surface area contributed by atoms with Gasteiger partial charge in [-0.2, -0.15) is 0 Å². The fraction of sp³-hybridized carbons (Fsp3) is 0.357. The highest BCUT2D eigenvalue weighted by Gasteiger charge is 2.60. The number of H-pyrrole nitrogens is 1. The zero-order chi connectivity index (χ0) is 25.0. The van der Waals surface area contributed by atoms with Crippen LogP contribution in [0.4, 0.5) is 5.69 Å². The van der Waals surface area contributed by atoms with Gasteiger partial charge in [0.1, 0.15) is 11.4 Å². The minimum absolute atomic E-state index is 0.121. The summed E-state index contributed by atoms with van der Waals surface area (Å²) >= 11 is 0. The van der Waals surface area contributed by atoms with Crippen LogP contribution in [-0.2, 0) is 29.8 Å². The number of likely N-dealkylation sites (tertiary alicyclic amines) is 1. The summed E-state index contributed by atoms with van der Waals surface area (Å²) in [5.41, 5.74) is 5.27. The number of carbonyl (C=O) groups excluding carboxylic acids is 1. The van der Waals surface area contributed by atoms with Crippen LogP contribution in [0, 0.1) is 6.92 Å². The monoisotopic (exact) mass is 495 g/mol. The van der Waals surface area contributed by atoms with Gasteiger partial charge in [0.05, 0.1) is 42.8 Å². The van der Waals surface area contributed by atoms with Crippen LogP contribution in [0.25, 0.3) is 0 Å². The average Bonchev–Trinajstić information content (AvgIpc) is 3.67. The molecule has 188 valence electrons. The van der Waals surface area contributed by atoms with Crippen molar-refractivity contribution >= 4 is 11.6 Å². The molecule has 3 aliphatic heterocycles. The Bertz CT molecular complexity index is 1480. The van der Waals surface area contributed by atoms with E-state index >= 15 is 0 Å². The Morgan fingerprint density at radius 2 is 2.08 bits per heavy atom. The second-order valence-electron chi connectivity index (χ2n) is 10.2. The van der Waals surface area contributed by atoms with Crippen molar-refractivity contribution in [2.75, 3.05) is 18.1 Å². The van der Waals surface area contributed by atoms with Crippen LogP contribution in [0.3, 0.4) is 0 Å². The number of aromatic nitrogens is 5. The van der Waals surface area contributed by atoms with E-state index in [2.05, 4.69) is 49.4 Å². The maximum Gasteiger partial charge on any atom is 0.240 e. The van der Waals surface area contributed by atoms with Gasteiger partial charge in [0.25, 0.3) is 0 Å². The van der Waals surface area contributed by atoms with Gasteiger partial charge in [-0.05, 0) is 42.7 Å². The van der Waals surface area contributed by atoms with Gasteiger partial charge in [0, 0.05) is 37.4 Å². The number of carbonyl (C=O) groups is 1. The van der Waals surface area contributed by atoms with E-state index in [0.29, 0.717) is 26.2 Å². The third-order valence-electron chi connectivity index (χ3n) is 8.10. The minimum Gasteiger partial charge on any atom is -0.494 e. The third kappa shape index (κ3) is 3.48. The number of nitrogens with zero attached hydrogens (tertiary/aromatic N) is 6. The van der Waals surface area contributed by atoms with Gasteiger partial charge in [0.15, 0.2) is 0 Å². The number of fused-ring (bicyclic) bond motifs is 8. The summed E-state index contributed by atoms with van der Waals surface area (Å²) in [7, 11) is 0. The Balaban J connectivity index is 1.41. The fourth-order valence-electron chi connectivity index (χ4n) is 6.39. The molecule has 1 fully saturated rings. The number of rotatable bonds is 2. The van der Waals surface area contributed by atoms with Crippen molar-refractivity contribution in [2.45, 2.75) is 50.9 Å². The predicted octanol–water partition coefficient (Wildman–Crippen LogP) is 3.52. The van der Waals surface area contributed by atoms with Gasteiger partial charge in [-0.25, -0.2) is 4.98 Å². The van der Waals surface area contributed by atoms with Gasteiger partial charge in [-0.15, -0.1) is 5.10 Å². The number of ether oxygens (including phenoxy) is 1. The molecule has 1 saturated heterocycles. The molecule has 0 unspecified atom stereocenters. The number of para-hydroxylation sites is 1. The molecule has 0 saturated carbocycles. The van der Waals surface area contributed by atoms with Crippen LogP contribution >= 0.6 is 0 Å². The topological polar surface area (TPSA) is 92.2 Å². The quantitative estimate of drug-likeness (QED) is 0.458. The Labute approximate surface area is 215 Å². The Morgan fingerprint density at radius 1 is 1.16 bits per heavy atom. The van der Waals surface area contributed by atoms with Crippen LogP contribution in [0.5, 0.6) is 5.75 Å². The lowest BCUT2D eigenvalue weighted by molar-refractivity contribution is -0.124. The summed E-state index contributed by atoms with van der Waals surface area (Å²) in [6, 6.07) is 16.4. The summed E-state index contributed by atoms with van der Waals surface area (Å²) in [5.74, 6) is 0.941. The lowest BCUT2D eigenvalue weighted by atomic mass is 9.72. The maximum atomic E-state index is 14.6. The molecule has 0 radical (unpaired) electrons. The predicted molar refractivity (Wildman–Crippen MR) is 137 cm³/mol. The van der Waals surface area contributed by atoms with Crippen LogP contribution in [0.2, 0.25) is 0 Å². The van der Waals surface area contributed by atoms with Crippen molar-refractivity contribution < 1.29 is 9.53 Å². The van der Waals surface area contributed by atoms with E-state index in [4.69, 9.17) is 4.74 Å². The first-order valence-corrected chi connectivity index (χ1v) is 12.9. The van der Waals surface area contributed by atoms with Crippen LogP contribution in [0.1, 0.15) is 47.1 Å². The molecule has 2 atom stereocenters. The molecule has 2 aromatic carbocycles. The van der Waals surface area contributed by atoms with Crippen molar-refractivity contribution in [2.24, 2.45) is 0 Å². The highest BCUT2D eigenvalue weighted by atomic mass is 16.5. The number of nitrogens with one attached hydrogen (secondary N) is 1. The first kappa shape index (κ1) is 22.2. The van der Waals surface area contributed by atoms with E-state index in [9.17, 15) is 4.79 Å². The van der Waals surface area contributed by atoms with Crippen molar-refractivity contribution in [3.8, 4) is 5.75 Å². The smallest absolute Gasteiger partial charge is 0.240 e. The normalized spacial score (nSPS) is 23.2. The highest BCUT2D eigenvalue weighted by Crippen LogP contribution is 2.57. The van der Waals surface area contributed by atoms with Crippen molar-refractivity contribution in [3.63, 3.8) is 0 Å². The molecule has 1 N–H and O–H groups in total. The number of imidazole rings is 1. The van der Waals surface area contributed by atoms with Crippen LogP contribution in [0.15, 0.2) is 61.1 Å². The number of aryl methyl sites for hydroxylation is 2. The fourth-order valence-corrected chi connectivity index (χ4v) is 6.39. The lowest BCUT2D eigenvalue weighted by Crippen LogP contribution is -2.44. The highest BCUT2D eigenvalue weighted by molar-refractivity contribution is 6.09. The zero-order valence-corrected chi connectivity index (χ0v) is 20.8. The zero-order valence-electron chi connectivity index (χ0n) is 20.8. The summed E-state index contributed by atoms with van der Waals surface area (Å²) in [6.45, 7) is 5.19. The maximum absolute atomic E-state index is 14.6. The standard InChI is InChI=1S/C28H29N7O2/c1-19-24(30-18-29-19)17-33-12-10-28-23-8-2-3-9-25(23)35(27(28)36)16-21-15-34(32-31-21)11-5-13-37-22-7-4-6-20(14-22)26(28)33/h2-4,6-9,14-15,18,26H,5,10-13,16-17H2,1H3,(H,29,30)/t26-,28-/m0/s1. The van der Waals surface area contributed by atoms with Crippen LogP contribution in [-0.4, -0.2) is 48.9 Å². The van der Waals surface area contributed by atoms with Crippen LogP contribution < -0.4 is 9.64 Å². The molecule has 3 aliphatic rings. The summed E-state index contributed by atoms with van der Waals surface area (Å²) in [6.07, 6.45) is 5.23. The summed E-state index contributed by atoms with van der Waals surface area (Å²) in [4.78, 5) is 26.7. The SMILES string of the molecule is Cc1[nH]cnc1CN1CC[C@@]23C(=O)N(Cc4cn(nn4)CCCOc4cccc(c4)[C@H]12)c1ccccc13. The number of benzene rings is 2. The van der Waals surface area contributed by atoms with E-state index in [0.717, 1.165) is 59.0 Å². The number of anilines is 1. The summed E-state index contributed by atoms with van der Waals surface area (Å²) < 4.78 is 8.00. The second-order valence-corrected chi connectivity index (χ2v) is 10.2. The van der Waals surface area contributed by atoms with Crippen molar-refractivity contribution in [3.05, 3.63) is 89.3 Å². The molecular formula is C28H29N7O2. The van der Waals surface area contributed by atoms with E-state index in [1.165, 1.54) is 0 Å². The molecule has 5 heterocycles. The third-order valence-corrected chi connectivity index (χ3v) is 8.10. The molecule has 2 aromatic heterocycles. The molecule has 6 bridgehead atoms. The van der Waals surface area contributed by atoms with Gasteiger partial charge in [0.2, 0.25) is 5.91 Å². The molecule has 4 aromatic rings. The number of hydrogen-bond acceptors (Lipinski definition) is 6. The van der Waals surface area contributed by atoms with E-state index < -0.39 is 5.41 Å². The number of hydrogen-bond donors (Lipinski definition) is 1. The van der Waals surface area contributed by atoms with Gasteiger partial charge < -0.3 is 14.6 Å². The molecule has 1 spiro atoms. The van der Waals surface area contributed by atoms with Gasteiger partial charge in [-0.1, -0.05) is 35.5 Å². The molecule has 0 aliphatic carbocycles. The largest absolute Gasteiger partial charge is 0.494 e. The number of aromatic amines is 1. The molecule has 9 nitrogen and oxygen atoms in total. The molecular weight excluding hydrogens is 466 g/mol. The molecule has 1 amide bonds. The van der Waals surface area contributed by atoms with Crippen molar-refractivity contribution in [1.29, 1.82) is 0 Å². The van der Waals surface area contributed by atoms with E-state index in [1.807, 2.05) is 47.0 Å². The first-order valence-electron chi connectivity index (χ1n) is 12.9. The average molecular weight is 496 g/mol. The molecule has 9 heteroatoms. The summed E-state index contributed by atoms with van der Waals surface area (Å²) in [5, 5.41) is 8.68. The Hall–Kier alpha value is -3.98. The Morgan fingerprint density at radius 3 is 2.97 bits per heavy atom. The lowest BCUT2D eigenvalue weighted by Gasteiger charge is -2.35. The molecule has 37 heavy (non-hydrogen) atoms. The minimum atomic E-state index is -0.713. The van der Waals surface area contributed by atoms with E-state index in [1.54, 1.807) is 6.33 Å². The van der Waals surface area contributed by atoms with E-state index in [-0.39, 0.29) is 11.9 Å². The second kappa shape index (κ2) is 8.55. The molecule has 7 rings (SSSR count). The number of amides is 1. The first-order chi connectivity index (χ1) is 18.1.